The number of amides is 1. The third kappa shape index (κ3) is 2.41. The molecule has 24 heavy (non-hydrogen) atoms. The minimum atomic E-state index is -0.287. The first-order valence-electron chi connectivity index (χ1n) is 8.44. The molecule has 0 bridgehead atoms. The maximum absolute atomic E-state index is 12.9. The third-order valence-electron chi connectivity index (χ3n) is 5.29. The SMILES string of the molecule is Cc1cccc2ncc(C(=O)N3CCCC4(CCOC4)C3)c(=O)n12. The van der Waals surface area contributed by atoms with Crippen LogP contribution in [0, 0.1) is 12.3 Å². The second-order valence-corrected chi connectivity index (χ2v) is 6.97. The minimum Gasteiger partial charge on any atom is -0.381 e. The van der Waals surface area contributed by atoms with E-state index in [-0.39, 0.29) is 22.4 Å². The van der Waals surface area contributed by atoms with E-state index in [0.29, 0.717) is 25.3 Å². The second kappa shape index (κ2) is 5.70. The highest BCUT2D eigenvalue weighted by atomic mass is 16.5. The summed E-state index contributed by atoms with van der Waals surface area (Å²) < 4.78 is 7.06. The van der Waals surface area contributed by atoms with E-state index in [1.807, 2.05) is 19.1 Å². The van der Waals surface area contributed by atoms with Gasteiger partial charge in [-0.25, -0.2) is 4.98 Å². The Morgan fingerprint density at radius 3 is 3.00 bits per heavy atom. The summed E-state index contributed by atoms with van der Waals surface area (Å²) >= 11 is 0. The second-order valence-electron chi connectivity index (χ2n) is 6.97. The molecule has 2 fully saturated rings. The number of carbonyl (C=O) groups is 1. The lowest BCUT2D eigenvalue weighted by Gasteiger charge is -2.39. The normalized spacial score (nSPS) is 24.0. The number of hydrogen-bond donors (Lipinski definition) is 0. The number of rotatable bonds is 1. The van der Waals surface area contributed by atoms with Gasteiger partial charge in [0.15, 0.2) is 0 Å². The zero-order valence-corrected chi connectivity index (χ0v) is 13.8. The Labute approximate surface area is 140 Å². The standard InChI is InChI=1S/C18H21N3O3/c1-13-4-2-5-15-19-10-14(17(23)21(13)15)16(22)20-8-3-6-18(11-20)7-9-24-12-18/h2,4-5,10H,3,6-9,11-12H2,1H3. The van der Waals surface area contributed by atoms with Gasteiger partial charge in [0.1, 0.15) is 11.2 Å². The van der Waals surface area contributed by atoms with Crippen molar-refractivity contribution in [3.63, 3.8) is 0 Å². The largest absolute Gasteiger partial charge is 0.381 e. The highest BCUT2D eigenvalue weighted by Gasteiger charge is 2.40. The smallest absolute Gasteiger partial charge is 0.270 e. The molecule has 0 saturated carbocycles. The van der Waals surface area contributed by atoms with Crippen molar-refractivity contribution in [3.8, 4) is 0 Å². The average molecular weight is 327 g/mol. The van der Waals surface area contributed by atoms with Crippen molar-refractivity contribution in [1.29, 1.82) is 0 Å². The number of fused-ring (bicyclic) bond motifs is 1. The quantitative estimate of drug-likeness (QED) is 0.799. The predicted molar refractivity (Wildman–Crippen MR) is 89.2 cm³/mol. The van der Waals surface area contributed by atoms with Crippen LogP contribution in [0.15, 0.2) is 29.2 Å². The van der Waals surface area contributed by atoms with Gasteiger partial charge in [-0.1, -0.05) is 6.07 Å². The van der Waals surface area contributed by atoms with Gasteiger partial charge in [-0.2, -0.15) is 0 Å². The zero-order chi connectivity index (χ0) is 16.7. The Morgan fingerprint density at radius 1 is 1.33 bits per heavy atom. The van der Waals surface area contributed by atoms with Gasteiger partial charge < -0.3 is 9.64 Å². The summed E-state index contributed by atoms with van der Waals surface area (Å²) in [4.78, 5) is 31.8. The number of carbonyl (C=O) groups excluding carboxylic acids is 1. The van der Waals surface area contributed by atoms with Gasteiger partial charge in [-0.15, -0.1) is 0 Å². The van der Waals surface area contributed by atoms with Crippen LogP contribution in [0.1, 0.15) is 35.3 Å². The molecular formula is C18H21N3O3. The van der Waals surface area contributed by atoms with Gasteiger partial charge in [0.2, 0.25) is 0 Å². The van der Waals surface area contributed by atoms with Gasteiger partial charge in [-0.05, 0) is 38.3 Å². The van der Waals surface area contributed by atoms with Gasteiger partial charge in [0.25, 0.3) is 11.5 Å². The molecule has 6 heteroatoms. The summed E-state index contributed by atoms with van der Waals surface area (Å²) in [6, 6.07) is 5.47. The molecule has 1 amide bonds. The predicted octanol–water partition coefficient (Wildman–Crippen LogP) is 1.65. The van der Waals surface area contributed by atoms with Crippen LogP contribution in [0.5, 0.6) is 0 Å². The lowest BCUT2D eigenvalue weighted by Crippen LogP contribution is -2.47. The van der Waals surface area contributed by atoms with Crippen molar-refractivity contribution >= 4 is 11.6 Å². The lowest BCUT2D eigenvalue weighted by molar-refractivity contribution is 0.0460. The van der Waals surface area contributed by atoms with E-state index in [9.17, 15) is 9.59 Å². The first-order chi connectivity index (χ1) is 11.6. The van der Waals surface area contributed by atoms with Gasteiger partial charge in [0, 0.05) is 37.0 Å². The van der Waals surface area contributed by atoms with E-state index in [0.717, 1.165) is 31.6 Å². The van der Waals surface area contributed by atoms with Crippen LogP contribution in [0.4, 0.5) is 0 Å². The van der Waals surface area contributed by atoms with E-state index in [4.69, 9.17) is 4.74 Å². The van der Waals surface area contributed by atoms with E-state index >= 15 is 0 Å². The summed E-state index contributed by atoms with van der Waals surface area (Å²) in [5, 5.41) is 0. The number of nitrogens with zero attached hydrogens (tertiary/aromatic N) is 3. The van der Waals surface area contributed by atoms with Crippen LogP contribution >= 0.6 is 0 Å². The first kappa shape index (κ1) is 15.3. The molecule has 0 radical (unpaired) electrons. The fourth-order valence-corrected chi connectivity index (χ4v) is 3.94. The molecule has 4 heterocycles. The summed E-state index contributed by atoms with van der Waals surface area (Å²) in [5.41, 5.74) is 1.28. The summed E-state index contributed by atoms with van der Waals surface area (Å²) in [6.45, 7) is 4.68. The summed E-state index contributed by atoms with van der Waals surface area (Å²) in [6.07, 6.45) is 4.46. The first-order valence-corrected chi connectivity index (χ1v) is 8.44. The molecule has 2 saturated heterocycles. The Morgan fingerprint density at radius 2 is 2.21 bits per heavy atom. The molecule has 1 spiro atoms. The molecule has 0 aromatic carbocycles. The zero-order valence-electron chi connectivity index (χ0n) is 13.8. The number of aromatic nitrogens is 2. The number of ether oxygens (including phenoxy) is 1. The monoisotopic (exact) mass is 327 g/mol. The molecule has 1 unspecified atom stereocenters. The van der Waals surface area contributed by atoms with Gasteiger partial charge in [0.05, 0.1) is 6.61 Å². The molecule has 0 aliphatic carbocycles. The van der Waals surface area contributed by atoms with Crippen molar-refractivity contribution in [2.45, 2.75) is 26.2 Å². The molecular weight excluding hydrogens is 306 g/mol. The molecule has 1 atom stereocenters. The molecule has 2 aliphatic rings. The number of aryl methyl sites for hydroxylation is 1. The van der Waals surface area contributed by atoms with Crippen LogP contribution in [-0.2, 0) is 4.74 Å². The molecule has 126 valence electrons. The summed E-state index contributed by atoms with van der Waals surface area (Å²) in [5.74, 6) is -0.212. The molecule has 4 rings (SSSR count). The number of hydrogen-bond acceptors (Lipinski definition) is 4. The molecule has 2 aromatic rings. The Balaban J connectivity index is 1.69. The van der Waals surface area contributed by atoms with Crippen LogP contribution in [0.3, 0.4) is 0 Å². The van der Waals surface area contributed by atoms with Crippen LogP contribution in [-0.4, -0.2) is 46.5 Å². The van der Waals surface area contributed by atoms with Crippen LogP contribution in [0.2, 0.25) is 0 Å². The van der Waals surface area contributed by atoms with Crippen molar-refractivity contribution in [1.82, 2.24) is 14.3 Å². The maximum atomic E-state index is 12.9. The van der Waals surface area contributed by atoms with Crippen LogP contribution in [0.25, 0.3) is 5.65 Å². The van der Waals surface area contributed by atoms with E-state index < -0.39 is 0 Å². The van der Waals surface area contributed by atoms with Gasteiger partial charge in [-0.3, -0.25) is 14.0 Å². The van der Waals surface area contributed by atoms with E-state index in [1.54, 1.807) is 11.0 Å². The number of likely N-dealkylation sites (tertiary alicyclic amines) is 1. The molecule has 0 N–H and O–H groups in total. The van der Waals surface area contributed by atoms with E-state index in [2.05, 4.69) is 4.98 Å². The number of pyridine rings is 1. The van der Waals surface area contributed by atoms with Crippen molar-refractivity contribution < 1.29 is 9.53 Å². The average Bonchev–Trinajstić information content (AvgIpc) is 3.02. The van der Waals surface area contributed by atoms with Gasteiger partial charge >= 0.3 is 0 Å². The molecule has 6 nitrogen and oxygen atoms in total. The fourth-order valence-electron chi connectivity index (χ4n) is 3.94. The van der Waals surface area contributed by atoms with Crippen molar-refractivity contribution in [2.75, 3.05) is 26.3 Å². The lowest BCUT2D eigenvalue weighted by atomic mass is 9.79. The van der Waals surface area contributed by atoms with Crippen molar-refractivity contribution in [2.24, 2.45) is 5.41 Å². The molecule has 2 aliphatic heterocycles. The third-order valence-corrected chi connectivity index (χ3v) is 5.29. The Hall–Kier alpha value is -2.21. The highest BCUT2D eigenvalue weighted by Crippen LogP contribution is 2.37. The highest BCUT2D eigenvalue weighted by molar-refractivity contribution is 5.93. The maximum Gasteiger partial charge on any atom is 0.270 e. The fraction of sp³-hybridized carbons (Fsp3) is 0.500. The van der Waals surface area contributed by atoms with E-state index in [1.165, 1.54) is 10.6 Å². The summed E-state index contributed by atoms with van der Waals surface area (Å²) in [7, 11) is 0. The number of piperidine rings is 1. The topological polar surface area (TPSA) is 63.9 Å². The Kier molecular flexibility index (Phi) is 3.64. The Bertz CT molecular complexity index is 852. The molecule has 2 aromatic heterocycles. The van der Waals surface area contributed by atoms with Crippen LogP contribution < -0.4 is 5.56 Å². The van der Waals surface area contributed by atoms with Crippen molar-refractivity contribution in [3.05, 3.63) is 46.0 Å². The minimum absolute atomic E-state index is 0.0737.